The van der Waals surface area contributed by atoms with Crippen molar-refractivity contribution in [1.29, 1.82) is 0 Å². The fourth-order valence-electron chi connectivity index (χ4n) is 4.99. The van der Waals surface area contributed by atoms with Gasteiger partial charge in [0.15, 0.2) is 5.11 Å². The average Bonchev–Trinajstić information content (AvgIpc) is 3.39. The Labute approximate surface area is 227 Å². The molecule has 0 saturated carbocycles. The van der Waals surface area contributed by atoms with Gasteiger partial charge in [0, 0.05) is 35.5 Å². The predicted octanol–water partition coefficient (Wildman–Crippen LogP) is 4.44. The number of pyridine rings is 2. The van der Waals surface area contributed by atoms with E-state index in [1.807, 2.05) is 47.4 Å². The monoisotopic (exact) mass is 548 g/mol. The summed E-state index contributed by atoms with van der Waals surface area (Å²) in [6, 6.07) is 18.6. The van der Waals surface area contributed by atoms with E-state index in [9.17, 15) is 8.42 Å². The predicted molar refractivity (Wildman–Crippen MR) is 152 cm³/mol. The molecule has 9 nitrogen and oxygen atoms in total. The van der Waals surface area contributed by atoms with E-state index in [1.54, 1.807) is 24.5 Å². The van der Waals surface area contributed by atoms with Gasteiger partial charge in [-0.2, -0.15) is 0 Å². The molecule has 5 rings (SSSR count). The quantitative estimate of drug-likeness (QED) is 0.327. The van der Waals surface area contributed by atoms with Crippen molar-refractivity contribution in [2.24, 2.45) is 0 Å². The Bertz CT molecular complexity index is 1590. The number of methoxy groups -OCH3 is 1. The van der Waals surface area contributed by atoms with Crippen LogP contribution in [0.15, 0.2) is 73.1 Å². The third-order valence-electron chi connectivity index (χ3n) is 6.52. The molecule has 11 heteroatoms. The average molecular weight is 549 g/mol. The van der Waals surface area contributed by atoms with Crippen LogP contribution in [0.25, 0.3) is 5.82 Å². The molecule has 4 aromatic rings. The molecule has 2 atom stereocenters. The molecule has 4 heterocycles. The topological polar surface area (TPSA) is 101 Å². The highest BCUT2D eigenvalue weighted by Crippen LogP contribution is 2.45. The molecular formula is C27H28N6O3S2. The minimum atomic E-state index is -3.48. The number of hydrogen-bond acceptors (Lipinski definition) is 6. The second-order valence-electron chi connectivity index (χ2n) is 9.11. The number of aryl methyl sites for hydroxylation is 1. The number of hydrogen-bond donors (Lipinski definition) is 2. The number of nitrogens with zero attached hydrogens (tertiary/aromatic N) is 4. The van der Waals surface area contributed by atoms with Crippen molar-refractivity contribution in [2.75, 3.05) is 23.0 Å². The van der Waals surface area contributed by atoms with Crippen LogP contribution in [0.3, 0.4) is 0 Å². The van der Waals surface area contributed by atoms with Crippen LogP contribution in [0.5, 0.6) is 5.75 Å². The fourth-order valence-corrected chi connectivity index (χ4v) is 5.90. The number of aromatic nitrogens is 3. The second-order valence-corrected chi connectivity index (χ2v) is 11.2. The molecule has 0 amide bonds. The summed E-state index contributed by atoms with van der Waals surface area (Å²) in [6.07, 6.45) is 4.65. The highest BCUT2D eigenvalue weighted by molar-refractivity contribution is 7.92. The van der Waals surface area contributed by atoms with Gasteiger partial charge in [-0.1, -0.05) is 12.1 Å². The van der Waals surface area contributed by atoms with Gasteiger partial charge < -0.3 is 19.5 Å². The Balaban J connectivity index is 1.66. The molecule has 1 aliphatic heterocycles. The van der Waals surface area contributed by atoms with E-state index >= 15 is 0 Å². The van der Waals surface area contributed by atoms with Crippen LogP contribution in [-0.2, 0) is 10.0 Å². The Morgan fingerprint density at radius 3 is 2.39 bits per heavy atom. The van der Waals surface area contributed by atoms with Crippen molar-refractivity contribution in [3.05, 3.63) is 95.7 Å². The molecule has 0 bridgehead atoms. The number of thiocarbonyl (C=S) groups is 1. The highest BCUT2D eigenvalue weighted by Gasteiger charge is 2.42. The first-order valence-corrected chi connectivity index (χ1v) is 14.2. The number of benzene rings is 1. The van der Waals surface area contributed by atoms with E-state index in [0.29, 0.717) is 16.5 Å². The molecule has 0 spiro atoms. The number of nitrogens with one attached hydrogen (secondary N) is 2. The smallest absolute Gasteiger partial charge is 0.229 e. The Kier molecular flexibility index (Phi) is 6.80. The molecule has 196 valence electrons. The molecule has 1 aromatic carbocycles. The van der Waals surface area contributed by atoms with E-state index in [0.717, 1.165) is 40.4 Å². The standard InChI is InChI=1S/C27H28N6O3S2/c1-17-15-20(18(2)32(17)24-10-6-8-14-29-24)26-25(22-9-5-7-13-28-22)30-27(37)33(26)19-11-12-21(23(16-19)36-3)31-38(4,34)35/h5-16,25-26,31H,1-4H3,(H,30,37)/t25-,26+/m0/s1. The summed E-state index contributed by atoms with van der Waals surface area (Å²) in [4.78, 5) is 11.2. The summed E-state index contributed by atoms with van der Waals surface area (Å²) < 4.78 is 33.9. The van der Waals surface area contributed by atoms with Crippen molar-refractivity contribution in [3.63, 3.8) is 0 Å². The Morgan fingerprint density at radius 1 is 1.03 bits per heavy atom. The van der Waals surface area contributed by atoms with Gasteiger partial charge in [-0.05, 0) is 74.1 Å². The number of anilines is 2. The minimum absolute atomic E-state index is 0.235. The molecular weight excluding hydrogens is 520 g/mol. The van der Waals surface area contributed by atoms with Gasteiger partial charge in [-0.3, -0.25) is 9.71 Å². The van der Waals surface area contributed by atoms with Gasteiger partial charge in [0.2, 0.25) is 10.0 Å². The highest BCUT2D eigenvalue weighted by atomic mass is 32.2. The van der Waals surface area contributed by atoms with Crippen LogP contribution in [-0.4, -0.2) is 41.4 Å². The van der Waals surface area contributed by atoms with Crippen LogP contribution >= 0.6 is 12.2 Å². The first kappa shape index (κ1) is 25.7. The summed E-state index contributed by atoms with van der Waals surface area (Å²) in [5, 5.41) is 4.00. The van der Waals surface area contributed by atoms with Crippen molar-refractivity contribution in [3.8, 4) is 11.6 Å². The molecule has 0 unspecified atom stereocenters. The normalized spacial score (nSPS) is 17.4. The first-order valence-electron chi connectivity index (χ1n) is 11.9. The molecule has 1 saturated heterocycles. The zero-order chi connectivity index (χ0) is 27.0. The summed E-state index contributed by atoms with van der Waals surface area (Å²) in [6.45, 7) is 4.13. The van der Waals surface area contributed by atoms with E-state index in [4.69, 9.17) is 17.0 Å². The molecule has 3 aromatic heterocycles. The largest absolute Gasteiger partial charge is 0.494 e. The maximum atomic E-state index is 11.9. The van der Waals surface area contributed by atoms with E-state index < -0.39 is 10.0 Å². The number of ether oxygens (including phenoxy) is 1. The van der Waals surface area contributed by atoms with Crippen LogP contribution in [0.4, 0.5) is 11.4 Å². The first-order chi connectivity index (χ1) is 18.2. The number of sulfonamides is 1. The van der Waals surface area contributed by atoms with E-state index in [2.05, 4.69) is 44.5 Å². The third-order valence-corrected chi connectivity index (χ3v) is 7.43. The Hall–Kier alpha value is -3.96. The molecule has 0 aliphatic carbocycles. The molecule has 1 aliphatic rings. The lowest BCUT2D eigenvalue weighted by molar-refractivity contribution is 0.417. The minimum Gasteiger partial charge on any atom is -0.494 e. The van der Waals surface area contributed by atoms with Crippen LogP contribution in [0.2, 0.25) is 0 Å². The Morgan fingerprint density at radius 2 is 1.76 bits per heavy atom. The van der Waals surface area contributed by atoms with Gasteiger partial charge >= 0.3 is 0 Å². The lowest BCUT2D eigenvalue weighted by Gasteiger charge is -2.28. The van der Waals surface area contributed by atoms with Crippen LogP contribution in [0.1, 0.15) is 34.7 Å². The van der Waals surface area contributed by atoms with E-state index in [-0.39, 0.29) is 12.1 Å². The summed E-state index contributed by atoms with van der Waals surface area (Å²) in [7, 11) is -1.98. The van der Waals surface area contributed by atoms with Crippen molar-refractivity contribution in [2.45, 2.75) is 25.9 Å². The zero-order valence-electron chi connectivity index (χ0n) is 21.4. The third kappa shape index (κ3) is 4.82. The summed E-state index contributed by atoms with van der Waals surface area (Å²) in [5.41, 5.74) is 5.10. The van der Waals surface area contributed by atoms with Crippen molar-refractivity contribution in [1.82, 2.24) is 19.9 Å². The molecule has 38 heavy (non-hydrogen) atoms. The van der Waals surface area contributed by atoms with Gasteiger partial charge in [0.05, 0.1) is 36.8 Å². The fraction of sp³-hybridized carbons (Fsp3) is 0.222. The van der Waals surface area contributed by atoms with Crippen molar-refractivity contribution < 1.29 is 13.2 Å². The summed E-state index contributed by atoms with van der Waals surface area (Å²) in [5.74, 6) is 1.22. The second kappa shape index (κ2) is 10.1. The van der Waals surface area contributed by atoms with Crippen molar-refractivity contribution >= 4 is 38.7 Å². The lowest BCUT2D eigenvalue weighted by atomic mass is 9.96. The maximum Gasteiger partial charge on any atom is 0.229 e. The number of rotatable bonds is 7. The molecule has 2 N–H and O–H groups in total. The maximum absolute atomic E-state index is 11.9. The SMILES string of the molecule is COc1cc(N2C(=S)N[C@@H](c3ccccn3)[C@H]2c2cc(C)n(-c3ccccn3)c2C)ccc1NS(C)(=O)=O. The van der Waals surface area contributed by atoms with E-state index in [1.165, 1.54) is 7.11 Å². The van der Waals surface area contributed by atoms with Gasteiger partial charge in [0.1, 0.15) is 11.6 Å². The zero-order valence-corrected chi connectivity index (χ0v) is 23.0. The molecule has 0 radical (unpaired) electrons. The lowest BCUT2D eigenvalue weighted by Crippen LogP contribution is -2.29. The van der Waals surface area contributed by atoms with Gasteiger partial charge in [-0.25, -0.2) is 13.4 Å². The van der Waals surface area contributed by atoms with Gasteiger partial charge in [0.25, 0.3) is 0 Å². The van der Waals surface area contributed by atoms with Gasteiger partial charge in [-0.15, -0.1) is 0 Å². The molecule has 1 fully saturated rings. The van der Waals surface area contributed by atoms with Crippen LogP contribution < -0.4 is 19.7 Å². The summed E-state index contributed by atoms with van der Waals surface area (Å²) >= 11 is 5.87. The van der Waals surface area contributed by atoms with Crippen LogP contribution in [0, 0.1) is 13.8 Å².